The second-order valence-corrected chi connectivity index (χ2v) is 7.08. The SMILES string of the molecule is Cc1cc(NC2CCC3(CCCC3)CC2)c(C)cc1O. The Balaban J connectivity index is 1.63. The molecule has 2 N–H and O–H groups in total. The van der Waals surface area contributed by atoms with E-state index in [1.807, 2.05) is 13.0 Å². The molecule has 0 aromatic heterocycles. The van der Waals surface area contributed by atoms with Gasteiger partial charge in [0.05, 0.1) is 0 Å². The van der Waals surface area contributed by atoms with Crippen LogP contribution in [0.4, 0.5) is 5.69 Å². The van der Waals surface area contributed by atoms with Crippen molar-refractivity contribution in [1.29, 1.82) is 0 Å². The molecule has 2 heteroatoms. The number of hydrogen-bond acceptors (Lipinski definition) is 2. The van der Waals surface area contributed by atoms with Gasteiger partial charge in [-0.1, -0.05) is 12.8 Å². The van der Waals surface area contributed by atoms with Gasteiger partial charge in [0.15, 0.2) is 0 Å². The van der Waals surface area contributed by atoms with E-state index in [9.17, 15) is 5.11 Å². The number of hydrogen-bond donors (Lipinski definition) is 2. The first-order chi connectivity index (χ1) is 9.58. The van der Waals surface area contributed by atoms with E-state index in [1.165, 1.54) is 57.1 Å². The molecular formula is C18H27NO. The molecular weight excluding hydrogens is 246 g/mol. The number of phenols is 1. The van der Waals surface area contributed by atoms with Crippen molar-refractivity contribution in [2.75, 3.05) is 5.32 Å². The van der Waals surface area contributed by atoms with Gasteiger partial charge < -0.3 is 10.4 Å². The molecule has 1 aromatic rings. The standard InChI is InChI=1S/C18H27NO/c1-13-12-17(20)14(2)11-16(13)19-15-5-9-18(10-6-15)7-3-4-8-18/h11-12,15,19-20H,3-10H2,1-2H3. The van der Waals surface area contributed by atoms with Crippen molar-refractivity contribution in [2.24, 2.45) is 5.41 Å². The van der Waals surface area contributed by atoms with Crippen molar-refractivity contribution in [2.45, 2.75) is 71.3 Å². The average Bonchev–Trinajstić information content (AvgIpc) is 2.87. The normalized spacial score (nSPS) is 22.3. The Labute approximate surface area is 122 Å². The molecule has 0 atom stereocenters. The van der Waals surface area contributed by atoms with Crippen molar-refractivity contribution in [1.82, 2.24) is 0 Å². The Morgan fingerprint density at radius 1 is 1.00 bits per heavy atom. The maximum absolute atomic E-state index is 9.74. The Morgan fingerprint density at radius 2 is 1.65 bits per heavy atom. The van der Waals surface area contributed by atoms with E-state index >= 15 is 0 Å². The Bertz CT molecular complexity index is 478. The van der Waals surface area contributed by atoms with Crippen LogP contribution in [0.15, 0.2) is 12.1 Å². The minimum atomic E-state index is 0.404. The second-order valence-electron chi connectivity index (χ2n) is 7.08. The van der Waals surface area contributed by atoms with Crippen molar-refractivity contribution < 1.29 is 5.11 Å². The Morgan fingerprint density at radius 3 is 2.30 bits per heavy atom. The van der Waals surface area contributed by atoms with Gasteiger partial charge in [0, 0.05) is 11.7 Å². The molecule has 2 saturated carbocycles. The number of aryl methyl sites for hydroxylation is 2. The summed E-state index contributed by atoms with van der Waals surface area (Å²) in [5.41, 5.74) is 4.01. The predicted octanol–water partition coefficient (Wildman–Crippen LogP) is 4.92. The third-order valence-electron chi connectivity index (χ3n) is 5.61. The van der Waals surface area contributed by atoms with Gasteiger partial charge in [-0.2, -0.15) is 0 Å². The van der Waals surface area contributed by atoms with Crippen molar-refractivity contribution in [3.63, 3.8) is 0 Å². The van der Waals surface area contributed by atoms with Crippen LogP contribution in [-0.2, 0) is 0 Å². The van der Waals surface area contributed by atoms with Crippen molar-refractivity contribution in [3.8, 4) is 5.75 Å². The second kappa shape index (κ2) is 5.31. The fraction of sp³-hybridized carbons (Fsp3) is 0.667. The molecule has 110 valence electrons. The zero-order valence-electron chi connectivity index (χ0n) is 12.8. The summed E-state index contributed by atoms with van der Waals surface area (Å²) in [6.45, 7) is 4.04. The summed E-state index contributed by atoms with van der Waals surface area (Å²) in [5, 5.41) is 13.5. The van der Waals surface area contributed by atoms with Crippen LogP contribution in [0.5, 0.6) is 5.75 Å². The highest BCUT2D eigenvalue weighted by atomic mass is 16.3. The van der Waals surface area contributed by atoms with Crippen LogP contribution in [0.25, 0.3) is 0 Å². The molecule has 2 aliphatic rings. The number of aromatic hydroxyl groups is 1. The quantitative estimate of drug-likeness (QED) is 0.749. The van der Waals surface area contributed by atoms with Crippen LogP contribution in [0.3, 0.4) is 0 Å². The van der Waals surface area contributed by atoms with Gasteiger partial charge in [-0.05, 0) is 81.0 Å². The molecule has 3 rings (SSSR count). The topological polar surface area (TPSA) is 32.3 Å². The molecule has 20 heavy (non-hydrogen) atoms. The van der Waals surface area contributed by atoms with Gasteiger partial charge in [0.1, 0.15) is 5.75 Å². The first-order valence-electron chi connectivity index (χ1n) is 8.15. The summed E-state index contributed by atoms with van der Waals surface area (Å²) in [6, 6.07) is 4.58. The highest BCUT2D eigenvalue weighted by Crippen LogP contribution is 2.49. The summed E-state index contributed by atoms with van der Waals surface area (Å²) in [6.07, 6.45) is 11.3. The maximum Gasteiger partial charge on any atom is 0.118 e. The lowest BCUT2D eigenvalue weighted by Gasteiger charge is -2.38. The highest BCUT2D eigenvalue weighted by Gasteiger charge is 2.37. The van der Waals surface area contributed by atoms with Crippen molar-refractivity contribution in [3.05, 3.63) is 23.3 Å². The first kappa shape index (κ1) is 13.8. The number of nitrogens with one attached hydrogen (secondary N) is 1. The molecule has 1 aromatic carbocycles. The van der Waals surface area contributed by atoms with Crippen LogP contribution in [-0.4, -0.2) is 11.1 Å². The van der Waals surface area contributed by atoms with E-state index in [4.69, 9.17) is 0 Å². The van der Waals surface area contributed by atoms with Crippen molar-refractivity contribution >= 4 is 5.69 Å². The molecule has 2 nitrogen and oxygen atoms in total. The summed E-state index contributed by atoms with van der Waals surface area (Å²) in [4.78, 5) is 0. The fourth-order valence-electron chi connectivity index (χ4n) is 4.18. The minimum absolute atomic E-state index is 0.404. The molecule has 2 aliphatic carbocycles. The molecule has 0 saturated heterocycles. The zero-order chi connectivity index (χ0) is 14.2. The average molecular weight is 273 g/mol. The highest BCUT2D eigenvalue weighted by molar-refractivity contribution is 5.57. The molecule has 0 heterocycles. The van der Waals surface area contributed by atoms with E-state index in [-0.39, 0.29) is 0 Å². The molecule has 0 unspecified atom stereocenters. The maximum atomic E-state index is 9.74. The van der Waals surface area contributed by atoms with E-state index < -0.39 is 0 Å². The van der Waals surface area contributed by atoms with Crippen LogP contribution < -0.4 is 5.32 Å². The number of phenolic OH excluding ortho intramolecular Hbond substituents is 1. The first-order valence-corrected chi connectivity index (χ1v) is 8.15. The number of benzene rings is 1. The Hall–Kier alpha value is -1.18. The van der Waals surface area contributed by atoms with Gasteiger partial charge in [-0.25, -0.2) is 0 Å². The third kappa shape index (κ3) is 2.65. The van der Waals surface area contributed by atoms with E-state index in [0.717, 1.165) is 11.1 Å². The fourth-order valence-corrected chi connectivity index (χ4v) is 4.18. The Kier molecular flexibility index (Phi) is 3.66. The van der Waals surface area contributed by atoms with Gasteiger partial charge in [-0.15, -0.1) is 0 Å². The van der Waals surface area contributed by atoms with E-state index in [1.54, 1.807) is 0 Å². The van der Waals surface area contributed by atoms with Gasteiger partial charge in [0.25, 0.3) is 0 Å². The number of anilines is 1. The zero-order valence-corrected chi connectivity index (χ0v) is 12.8. The molecule has 0 bridgehead atoms. The molecule has 0 aliphatic heterocycles. The lowest BCUT2D eigenvalue weighted by Crippen LogP contribution is -2.31. The minimum Gasteiger partial charge on any atom is -0.508 e. The third-order valence-corrected chi connectivity index (χ3v) is 5.61. The van der Waals surface area contributed by atoms with Gasteiger partial charge >= 0.3 is 0 Å². The largest absolute Gasteiger partial charge is 0.508 e. The number of rotatable bonds is 2. The summed E-state index contributed by atoms with van der Waals surface area (Å²) in [7, 11) is 0. The lowest BCUT2D eigenvalue weighted by atomic mass is 9.71. The van der Waals surface area contributed by atoms with E-state index in [2.05, 4.69) is 18.3 Å². The molecule has 2 fully saturated rings. The lowest BCUT2D eigenvalue weighted by molar-refractivity contribution is 0.188. The molecule has 0 radical (unpaired) electrons. The predicted molar refractivity (Wildman–Crippen MR) is 84.4 cm³/mol. The summed E-state index contributed by atoms with van der Waals surface area (Å²) >= 11 is 0. The summed E-state index contributed by atoms with van der Waals surface area (Å²) in [5.74, 6) is 0.404. The smallest absolute Gasteiger partial charge is 0.118 e. The van der Waals surface area contributed by atoms with Crippen LogP contribution in [0.1, 0.15) is 62.5 Å². The van der Waals surface area contributed by atoms with E-state index in [0.29, 0.717) is 17.2 Å². The van der Waals surface area contributed by atoms with Crippen LogP contribution in [0, 0.1) is 19.3 Å². The van der Waals surface area contributed by atoms with Gasteiger partial charge in [0.2, 0.25) is 0 Å². The van der Waals surface area contributed by atoms with Gasteiger partial charge in [-0.3, -0.25) is 0 Å². The molecule has 0 amide bonds. The van der Waals surface area contributed by atoms with Crippen LogP contribution >= 0.6 is 0 Å². The summed E-state index contributed by atoms with van der Waals surface area (Å²) < 4.78 is 0. The molecule has 1 spiro atoms. The monoisotopic (exact) mass is 273 g/mol. The van der Waals surface area contributed by atoms with Crippen LogP contribution in [0.2, 0.25) is 0 Å².